The van der Waals surface area contributed by atoms with Crippen LogP contribution in [-0.2, 0) is 22.6 Å². The number of carbonyl (C=O) groups excluding carboxylic acids is 2. The number of ether oxygens (including phenoxy) is 1. The van der Waals surface area contributed by atoms with Gasteiger partial charge in [0, 0.05) is 31.1 Å². The van der Waals surface area contributed by atoms with Crippen LogP contribution in [0.15, 0.2) is 48.5 Å². The van der Waals surface area contributed by atoms with Gasteiger partial charge in [-0.3, -0.25) is 19.7 Å². The Bertz CT molecular complexity index is 897. The highest BCUT2D eigenvalue weighted by Gasteiger charge is 2.28. The van der Waals surface area contributed by atoms with E-state index in [0.29, 0.717) is 31.5 Å². The Balaban J connectivity index is 1.53. The molecule has 1 aliphatic rings. The largest absolute Gasteiger partial charge is 0.497 e. The summed E-state index contributed by atoms with van der Waals surface area (Å²) in [5, 5.41) is 11.2. The fraction of sp³-hybridized carbons (Fsp3) is 0.333. The third-order valence-corrected chi connectivity index (χ3v) is 5.01. The lowest BCUT2D eigenvalue weighted by atomic mass is 10.1. The summed E-state index contributed by atoms with van der Waals surface area (Å²) in [5.41, 5.74) is 1.52. The Morgan fingerprint density at radius 2 is 1.86 bits per heavy atom. The molecule has 0 N–H and O–H groups in total. The fourth-order valence-corrected chi connectivity index (χ4v) is 3.32. The lowest BCUT2D eigenvalue weighted by molar-refractivity contribution is -0.385. The van der Waals surface area contributed by atoms with Crippen LogP contribution >= 0.6 is 0 Å². The van der Waals surface area contributed by atoms with Crippen LogP contribution < -0.4 is 4.74 Å². The summed E-state index contributed by atoms with van der Waals surface area (Å²) >= 11 is 0. The summed E-state index contributed by atoms with van der Waals surface area (Å²) in [4.78, 5) is 38.8. The van der Waals surface area contributed by atoms with Crippen molar-refractivity contribution in [2.75, 3.05) is 26.7 Å². The van der Waals surface area contributed by atoms with Crippen molar-refractivity contribution in [3.8, 4) is 5.75 Å². The minimum atomic E-state index is -0.446. The Morgan fingerprint density at radius 3 is 2.52 bits per heavy atom. The molecule has 0 unspecified atom stereocenters. The number of amides is 2. The number of para-hydroxylation sites is 1. The number of carbonyl (C=O) groups is 2. The number of nitrogens with zero attached hydrogens (tertiary/aromatic N) is 3. The molecule has 8 nitrogen and oxygen atoms in total. The number of rotatable bonds is 7. The predicted octanol–water partition coefficient (Wildman–Crippen LogP) is 2.41. The molecule has 1 heterocycles. The van der Waals surface area contributed by atoms with E-state index < -0.39 is 4.92 Å². The zero-order valence-electron chi connectivity index (χ0n) is 16.2. The quantitative estimate of drug-likeness (QED) is 0.528. The molecule has 1 fully saturated rings. The lowest BCUT2D eigenvalue weighted by Crippen LogP contribution is -2.51. The second-order valence-corrected chi connectivity index (χ2v) is 6.86. The van der Waals surface area contributed by atoms with E-state index in [-0.39, 0.29) is 30.6 Å². The van der Waals surface area contributed by atoms with Crippen molar-refractivity contribution in [1.29, 1.82) is 0 Å². The van der Waals surface area contributed by atoms with Gasteiger partial charge in [-0.15, -0.1) is 0 Å². The van der Waals surface area contributed by atoms with Gasteiger partial charge in [-0.2, -0.15) is 0 Å². The molecule has 0 spiro atoms. The van der Waals surface area contributed by atoms with Crippen LogP contribution in [0, 0.1) is 10.1 Å². The Labute approximate surface area is 168 Å². The van der Waals surface area contributed by atoms with E-state index in [1.165, 1.54) is 6.07 Å². The second-order valence-electron chi connectivity index (χ2n) is 6.86. The standard InChI is InChI=1S/C21H23N3O5/c1-29-18-9-6-16(7-10-18)8-11-20(25)23-13-12-22(21(26)15-23)14-17-4-2-3-5-19(17)24(27)28/h2-7,9-10H,8,11-15H2,1H3. The zero-order chi connectivity index (χ0) is 20.8. The van der Waals surface area contributed by atoms with Gasteiger partial charge in [0.05, 0.1) is 25.1 Å². The van der Waals surface area contributed by atoms with Crippen LogP contribution in [-0.4, -0.2) is 53.3 Å². The highest BCUT2D eigenvalue weighted by Crippen LogP contribution is 2.21. The van der Waals surface area contributed by atoms with E-state index >= 15 is 0 Å². The maximum absolute atomic E-state index is 12.5. The van der Waals surface area contributed by atoms with E-state index in [4.69, 9.17) is 4.74 Å². The number of hydrogen-bond donors (Lipinski definition) is 0. The van der Waals surface area contributed by atoms with Crippen molar-refractivity contribution in [1.82, 2.24) is 9.80 Å². The van der Waals surface area contributed by atoms with Gasteiger partial charge >= 0.3 is 0 Å². The van der Waals surface area contributed by atoms with Crippen molar-refractivity contribution in [2.45, 2.75) is 19.4 Å². The fourth-order valence-electron chi connectivity index (χ4n) is 3.32. The molecule has 0 aromatic heterocycles. The minimum Gasteiger partial charge on any atom is -0.497 e. The van der Waals surface area contributed by atoms with E-state index in [1.807, 2.05) is 24.3 Å². The van der Waals surface area contributed by atoms with Crippen molar-refractivity contribution >= 4 is 17.5 Å². The van der Waals surface area contributed by atoms with Crippen LogP contribution in [0.4, 0.5) is 5.69 Å². The summed E-state index contributed by atoms with van der Waals surface area (Å²) in [6.07, 6.45) is 0.914. The van der Waals surface area contributed by atoms with E-state index in [9.17, 15) is 19.7 Å². The molecule has 8 heteroatoms. The van der Waals surface area contributed by atoms with Crippen molar-refractivity contribution in [2.24, 2.45) is 0 Å². The van der Waals surface area contributed by atoms with Gasteiger partial charge in [0.25, 0.3) is 5.69 Å². The van der Waals surface area contributed by atoms with Gasteiger partial charge in [0.15, 0.2) is 0 Å². The maximum Gasteiger partial charge on any atom is 0.274 e. The molecule has 3 rings (SSSR count). The molecule has 2 aromatic rings. The van der Waals surface area contributed by atoms with Crippen molar-refractivity contribution < 1.29 is 19.2 Å². The molecule has 152 valence electrons. The number of methoxy groups -OCH3 is 1. The highest BCUT2D eigenvalue weighted by atomic mass is 16.6. The SMILES string of the molecule is COc1ccc(CCC(=O)N2CCN(Cc3ccccc3[N+](=O)[O-])C(=O)C2)cc1. The van der Waals surface area contributed by atoms with Crippen molar-refractivity contribution in [3.05, 3.63) is 69.8 Å². The number of nitro benzene ring substituents is 1. The van der Waals surface area contributed by atoms with Gasteiger partial charge < -0.3 is 14.5 Å². The van der Waals surface area contributed by atoms with Gasteiger partial charge in [0.2, 0.25) is 11.8 Å². The molecule has 2 aromatic carbocycles. The molecule has 1 saturated heterocycles. The molecular weight excluding hydrogens is 374 g/mol. The Kier molecular flexibility index (Phi) is 6.43. The van der Waals surface area contributed by atoms with Crippen molar-refractivity contribution in [3.63, 3.8) is 0 Å². The van der Waals surface area contributed by atoms with E-state index in [1.54, 1.807) is 35.1 Å². The van der Waals surface area contributed by atoms with Gasteiger partial charge in [-0.1, -0.05) is 30.3 Å². The summed E-state index contributed by atoms with van der Waals surface area (Å²) < 4.78 is 5.12. The van der Waals surface area contributed by atoms with Crippen LogP contribution in [0.5, 0.6) is 5.75 Å². The molecule has 0 saturated carbocycles. The predicted molar refractivity (Wildman–Crippen MR) is 106 cm³/mol. The number of hydrogen-bond acceptors (Lipinski definition) is 5. The van der Waals surface area contributed by atoms with Gasteiger partial charge in [-0.05, 0) is 24.1 Å². The average Bonchev–Trinajstić information content (AvgIpc) is 2.74. The second kappa shape index (κ2) is 9.18. The summed E-state index contributed by atoms with van der Waals surface area (Å²) in [5.74, 6) is 0.493. The molecule has 0 atom stereocenters. The molecule has 0 aliphatic carbocycles. The number of benzene rings is 2. The van der Waals surface area contributed by atoms with Gasteiger partial charge in [-0.25, -0.2) is 0 Å². The first-order valence-corrected chi connectivity index (χ1v) is 9.38. The summed E-state index contributed by atoms with van der Waals surface area (Å²) in [6, 6.07) is 13.9. The monoisotopic (exact) mass is 397 g/mol. The number of nitro groups is 1. The smallest absolute Gasteiger partial charge is 0.274 e. The van der Waals surface area contributed by atoms with Crippen LogP contribution in [0.1, 0.15) is 17.5 Å². The summed E-state index contributed by atoms with van der Waals surface area (Å²) in [7, 11) is 1.60. The Hall–Kier alpha value is -3.42. The van der Waals surface area contributed by atoms with Crippen LogP contribution in [0.2, 0.25) is 0 Å². The molecule has 1 aliphatic heterocycles. The molecule has 0 bridgehead atoms. The molecule has 0 radical (unpaired) electrons. The van der Waals surface area contributed by atoms with Crippen LogP contribution in [0.25, 0.3) is 0 Å². The zero-order valence-corrected chi connectivity index (χ0v) is 16.2. The topological polar surface area (TPSA) is 93.0 Å². The highest BCUT2D eigenvalue weighted by molar-refractivity contribution is 5.86. The third kappa shape index (κ3) is 5.10. The normalized spacial score (nSPS) is 14.0. The first-order chi connectivity index (χ1) is 14.0. The summed E-state index contributed by atoms with van der Waals surface area (Å²) in [6.45, 7) is 0.957. The average molecular weight is 397 g/mol. The lowest BCUT2D eigenvalue weighted by Gasteiger charge is -2.34. The number of aryl methyl sites for hydroxylation is 1. The van der Waals surface area contributed by atoms with Crippen LogP contribution in [0.3, 0.4) is 0 Å². The number of piperazine rings is 1. The van der Waals surface area contributed by atoms with Gasteiger partial charge in [0.1, 0.15) is 5.75 Å². The first kappa shape index (κ1) is 20.3. The molecule has 2 amide bonds. The minimum absolute atomic E-state index is 0.00158. The third-order valence-electron chi connectivity index (χ3n) is 5.01. The van der Waals surface area contributed by atoms with E-state index in [0.717, 1.165) is 11.3 Å². The van der Waals surface area contributed by atoms with E-state index in [2.05, 4.69) is 0 Å². The first-order valence-electron chi connectivity index (χ1n) is 9.38. The Morgan fingerprint density at radius 1 is 1.14 bits per heavy atom. The molecular formula is C21H23N3O5. The molecule has 29 heavy (non-hydrogen) atoms. The maximum atomic E-state index is 12.5.